The first-order valence-electron chi connectivity index (χ1n) is 10.6. The number of rotatable bonds is 5. The molecule has 5 rings (SSSR count). The molecule has 0 saturated heterocycles. The van der Waals surface area contributed by atoms with Crippen LogP contribution < -0.4 is 4.74 Å². The number of alkyl halides is 3. The maximum absolute atomic E-state index is 14.5. The fraction of sp³-hybridized carbons (Fsp3) is 0.115. The molecule has 5 nitrogen and oxygen atoms in total. The number of hydrogen-bond acceptors (Lipinski definition) is 5. The number of carbonyl (C=O) groups is 1. The molecule has 0 fully saturated rings. The number of nitrogens with zero attached hydrogens (tertiary/aromatic N) is 3. The Morgan fingerprint density at radius 2 is 1.71 bits per heavy atom. The Kier molecular flexibility index (Phi) is 5.64. The van der Waals surface area contributed by atoms with Crippen LogP contribution in [0.4, 0.5) is 13.2 Å². The number of halogens is 3. The topological polar surface area (TPSA) is 57.0 Å². The van der Waals surface area contributed by atoms with Gasteiger partial charge in [-0.15, -0.1) is 11.3 Å². The van der Waals surface area contributed by atoms with E-state index in [1.54, 1.807) is 73.0 Å². The second-order valence-electron chi connectivity index (χ2n) is 7.75. The number of para-hydroxylation sites is 2. The molecule has 3 heterocycles. The standard InChI is InChI=1S/C26H18F3N3O2S/c1-15-20-21(17-11-6-7-12-18(17)34-2)22(23(33)19-13-8-14-35-19)24(26(27,28)29)30-25(20)32(31-15)16-9-4-3-5-10-16/h3-14H,1-2H3. The first-order valence-corrected chi connectivity index (χ1v) is 11.5. The average molecular weight is 494 g/mol. The van der Waals surface area contributed by atoms with Gasteiger partial charge in [0.05, 0.1) is 34.3 Å². The summed E-state index contributed by atoms with van der Waals surface area (Å²) < 4.78 is 50.4. The highest BCUT2D eigenvalue weighted by Gasteiger charge is 2.41. The summed E-state index contributed by atoms with van der Waals surface area (Å²) in [5.41, 5.74) is -0.346. The average Bonchev–Trinajstić information content (AvgIpc) is 3.51. The van der Waals surface area contributed by atoms with Gasteiger partial charge in [0.15, 0.2) is 11.3 Å². The predicted octanol–water partition coefficient (Wildman–Crippen LogP) is 6.72. The third-order valence-corrected chi connectivity index (χ3v) is 6.48. The van der Waals surface area contributed by atoms with Crippen molar-refractivity contribution >= 4 is 28.2 Å². The monoisotopic (exact) mass is 493 g/mol. The second-order valence-corrected chi connectivity index (χ2v) is 8.69. The summed E-state index contributed by atoms with van der Waals surface area (Å²) in [5, 5.41) is 6.53. The zero-order chi connectivity index (χ0) is 24.7. The predicted molar refractivity (Wildman–Crippen MR) is 128 cm³/mol. The number of pyridine rings is 1. The zero-order valence-electron chi connectivity index (χ0n) is 18.6. The van der Waals surface area contributed by atoms with Crippen molar-refractivity contribution in [1.29, 1.82) is 0 Å². The van der Waals surface area contributed by atoms with E-state index >= 15 is 0 Å². The molecule has 0 atom stereocenters. The molecule has 0 amide bonds. The number of ketones is 1. The van der Waals surface area contributed by atoms with Gasteiger partial charge in [-0.05, 0) is 36.6 Å². The number of fused-ring (bicyclic) bond motifs is 1. The lowest BCUT2D eigenvalue weighted by molar-refractivity contribution is -0.141. The van der Waals surface area contributed by atoms with Crippen LogP contribution >= 0.6 is 11.3 Å². The molecule has 0 aliphatic carbocycles. The van der Waals surface area contributed by atoms with Gasteiger partial charge in [-0.3, -0.25) is 4.79 Å². The minimum Gasteiger partial charge on any atom is -0.496 e. The van der Waals surface area contributed by atoms with Gasteiger partial charge in [0, 0.05) is 11.1 Å². The van der Waals surface area contributed by atoms with Crippen LogP contribution in [-0.2, 0) is 6.18 Å². The van der Waals surface area contributed by atoms with Crippen LogP contribution in [0.1, 0.15) is 26.6 Å². The van der Waals surface area contributed by atoms with E-state index in [2.05, 4.69) is 10.1 Å². The first-order chi connectivity index (χ1) is 16.8. The number of aromatic nitrogens is 3. The molecule has 0 aliphatic rings. The van der Waals surface area contributed by atoms with Gasteiger partial charge in [-0.2, -0.15) is 18.3 Å². The number of aryl methyl sites for hydroxylation is 1. The van der Waals surface area contributed by atoms with Crippen molar-refractivity contribution in [3.8, 4) is 22.6 Å². The van der Waals surface area contributed by atoms with Crippen molar-refractivity contribution < 1.29 is 22.7 Å². The van der Waals surface area contributed by atoms with E-state index in [-0.39, 0.29) is 16.1 Å². The zero-order valence-corrected chi connectivity index (χ0v) is 19.4. The van der Waals surface area contributed by atoms with E-state index in [0.717, 1.165) is 11.3 Å². The van der Waals surface area contributed by atoms with Gasteiger partial charge < -0.3 is 4.74 Å². The quantitative estimate of drug-likeness (QED) is 0.255. The van der Waals surface area contributed by atoms with Crippen LogP contribution in [0.15, 0.2) is 72.1 Å². The molecule has 0 unspecified atom stereocenters. The number of thiophene rings is 1. The highest BCUT2D eigenvalue weighted by molar-refractivity contribution is 7.12. The molecule has 3 aromatic heterocycles. The molecule has 9 heteroatoms. The number of benzene rings is 2. The van der Waals surface area contributed by atoms with Crippen molar-refractivity contribution in [2.75, 3.05) is 7.11 Å². The van der Waals surface area contributed by atoms with E-state index in [1.165, 1.54) is 17.9 Å². The summed E-state index contributed by atoms with van der Waals surface area (Å²) in [6, 6.07) is 18.6. The fourth-order valence-corrected chi connectivity index (χ4v) is 4.81. The summed E-state index contributed by atoms with van der Waals surface area (Å²) >= 11 is 1.07. The van der Waals surface area contributed by atoms with Crippen molar-refractivity contribution in [2.45, 2.75) is 13.1 Å². The Hall–Kier alpha value is -3.98. The van der Waals surface area contributed by atoms with E-state index in [9.17, 15) is 18.0 Å². The van der Waals surface area contributed by atoms with E-state index in [0.29, 0.717) is 28.1 Å². The van der Waals surface area contributed by atoms with Crippen LogP contribution in [0, 0.1) is 6.92 Å². The van der Waals surface area contributed by atoms with Crippen LogP contribution in [0.2, 0.25) is 0 Å². The molecule has 0 N–H and O–H groups in total. The van der Waals surface area contributed by atoms with Gasteiger partial charge in [0.1, 0.15) is 5.75 Å². The Morgan fingerprint density at radius 1 is 1.00 bits per heavy atom. The van der Waals surface area contributed by atoms with Crippen molar-refractivity contribution in [2.24, 2.45) is 0 Å². The lowest BCUT2D eigenvalue weighted by Crippen LogP contribution is -2.18. The first kappa shape index (κ1) is 22.8. The minimum absolute atomic E-state index is 0.00432. The molecule has 0 bridgehead atoms. The molecule has 2 aromatic carbocycles. The van der Waals surface area contributed by atoms with Gasteiger partial charge in [-0.1, -0.05) is 42.5 Å². The summed E-state index contributed by atoms with van der Waals surface area (Å²) in [4.78, 5) is 17.8. The summed E-state index contributed by atoms with van der Waals surface area (Å²) in [7, 11) is 1.43. The maximum atomic E-state index is 14.5. The number of hydrogen-bond donors (Lipinski definition) is 0. The highest BCUT2D eigenvalue weighted by Crippen LogP contribution is 2.44. The van der Waals surface area contributed by atoms with Gasteiger partial charge in [0.25, 0.3) is 0 Å². The summed E-state index contributed by atoms with van der Waals surface area (Å²) in [5.74, 6) is -0.422. The molecule has 0 aliphatic heterocycles. The molecular formula is C26H18F3N3O2S. The Balaban J connectivity index is 1.99. The lowest BCUT2D eigenvalue weighted by Gasteiger charge is -2.18. The van der Waals surface area contributed by atoms with Crippen molar-refractivity contribution in [3.05, 3.63) is 93.9 Å². The van der Waals surface area contributed by atoms with Crippen molar-refractivity contribution in [3.63, 3.8) is 0 Å². The summed E-state index contributed by atoms with van der Waals surface area (Å²) in [6.07, 6.45) is -4.90. The van der Waals surface area contributed by atoms with Crippen LogP contribution in [0.5, 0.6) is 5.75 Å². The van der Waals surface area contributed by atoms with Crippen LogP contribution in [0.25, 0.3) is 27.8 Å². The van der Waals surface area contributed by atoms with Crippen LogP contribution in [0.3, 0.4) is 0 Å². The van der Waals surface area contributed by atoms with Gasteiger partial charge in [-0.25, -0.2) is 9.67 Å². The largest absolute Gasteiger partial charge is 0.496 e. The van der Waals surface area contributed by atoms with Crippen LogP contribution in [-0.4, -0.2) is 27.7 Å². The summed E-state index contributed by atoms with van der Waals surface area (Å²) in [6.45, 7) is 1.69. The number of carbonyl (C=O) groups excluding carboxylic acids is 1. The third-order valence-electron chi connectivity index (χ3n) is 5.61. The minimum atomic E-state index is -4.90. The smallest absolute Gasteiger partial charge is 0.434 e. The molecule has 0 saturated carbocycles. The molecule has 176 valence electrons. The lowest BCUT2D eigenvalue weighted by atomic mass is 9.91. The third kappa shape index (κ3) is 3.87. The Labute approximate surface area is 202 Å². The van der Waals surface area contributed by atoms with E-state index < -0.39 is 23.2 Å². The van der Waals surface area contributed by atoms with E-state index in [1.807, 2.05) is 0 Å². The maximum Gasteiger partial charge on any atom is 0.434 e. The molecule has 0 radical (unpaired) electrons. The van der Waals surface area contributed by atoms with Crippen molar-refractivity contribution in [1.82, 2.24) is 14.8 Å². The normalized spacial score (nSPS) is 11.7. The second kappa shape index (κ2) is 8.66. The Morgan fingerprint density at radius 3 is 2.37 bits per heavy atom. The molecule has 0 spiro atoms. The Bertz CT molecular complexity index is 1540. The number of ether oxygens (including phenoxy) is 1. The SMILES string of the molecule is COc1ccccc1-c1c(C(=O)c2cccs2)c(C(F)(F)F)nc2c1c(C)nn2-c1ccccc1. The highest BCUT2D eigenvalue weighted by atomic mass is 32.1. The molecule has 35 heavy (non-hydrogen) atoms. The molecule has 5 aromatic rings. The van der Waals surface area contributed by atoms with E-state index in [4.69, 9.17) is 4.74 Å². The fourth-order valence-electron chi connectivity index (χ4n) is 4.14. The number of methoxy groups -OCH3 is 1. The molecular weight excluding hydrogens is 475 g/mol. The van der Waals surface area contributed by atoms with Gasteiger partial charge in [0.2, 0.25) is 5.78 Å². The van der Waals surface area contributed by atoms with Gasteiger partial charge >= 0.3 is 6.18 Å².